The molecule has 106 valence electrons. The second-order valence-electron chi connectivity index (χ2n) is 4.47. The van der Waals surface area contributed by atoms with Gasteiger partial charge < -0.3 is 5.32 Å². The van der Waals surface area contributed by atoms with Gasteiger partial charge in [-0.25, -0.2) is 9.37 Å². The summed E-state index contributed by atoms with van der Waals surface area (Å²) >= 11 is 7.60. The molecule has 2 nitrogen and oxygen atoms in total. The summed E-state index contributed by atoms with van der Waals surface area (Å²) in [4.78, 5) is 4.26. The summed E-state index contributed by atoms with van der Waals surface area (Å²) in [6.45, 7) is 0.349. The zero-order valence-electron chi connectivity index (χ0n) is 11.0. The van der Waals surface area contributed by atoms with Crippen LogP contribution in [0.5, 0.6) is 0 Å². The first-order chi connectivity index (χ1) is 10.2. The number of benzene rings is 2. The number of anilines is 1. The van der Waals surface area contributed by atoms with Crippen molar-refractivity contribution in [2.24, 2.45) is 0 Å². The fourth-order valence-corrected chi connectivity index (χ4v) is 2.86. The van der Waals surface area contributed by atoms with Crippen molar-refractivity contribution in [2.75, 3.05) is 5.32 Å². The Hall–Kier alpha value is -1.91. The molecular formula is C16H12ClFN2S. The normalized spacial score (nSPS) is 10.6. The number of thiazole rings is 1. The quantitative estimate of drug-likeness (QED) is 0.714. The van der Waals surface area contributed by atoms with Gasteiger partial charge in [0.2, 0.25) is 0 Å². The molecule has 0 atom stereocenters. The maximum absolute atomic E-state index is 13.7. The van der Waals surface area contributed by atoms with Crippen molar-refractivity contribution in [3.63, 3.8) is 0 Å². The Labute approximate surface area is 131 Å². The van der Waals surface area contributed by atoms with Crippen LogP contribution in [0.1, 0.15) is 5.56 Å². The fourth-order valence-electron chi connectivity index (χ4n) is 1.99. The van der Waals surface area contributed by atoms with Crippen LogP contribution < -0.4 is 5.32 Å². The number of hydrogen-bond donors (Lipinski definition) is 1. The first-order valence-electron chi connectivity index (χ1n) is 6.41. The van der Waals surface area contributed by atoms with Crippen LogP contribution in [0.25, 0.3) is 10.6 Å². The van der Waals surface area contributed by atoms with Gasteiger partial charge in [-0.1, -0.05) is 17.7 Å². The van der Waals surface area contributed by atoms with Crippen molar-refractivity contribution < 1.29 is 4.39 Å². The summed E-state index contributed by atoms with van der Waals surface area (Å²) in [5.41, 5.74) is 2.46. The van der Waals surface area contributed by atoms with Crippen molar-refractivity contribution in [3.05, 3.63) is 70.4 Å². The minimum Gasteiger partial charge on any atom is -0.381 e. The lowest BCUT2D eigenvalue weighted by atomic mass is 10.2. The summed E-state index contributed by atoms with van der Waals surface area (Å²) in [6, 6.07) is 12.6. The summed E-state index contributed by atoms with van der Waals surface area (Å²) in [7, 11) is 0. The standard InChI is InChI=1S/C16H12ClFN2S/c17-14-2-1-3-15(18)13(14)10-20-12-6-4-11(5-7-12)16-19-8-9-21-16/h1-9,20H,10H2. The van der Waals surface area contributed by atoms with Crippen LogP contribution in [0.2, 0.25) is 5.02 Å². The third kappa shape index (κ3) is 3.23. The Balaban J connectivity index is 1.71. The smallest absolute Gasteiger partial charge is 0.129 e. The highest BCUT2D eigenvalue weighted by molar-refractivity contribution is 7.13. The molecule has 1 N–H and O–H groups in total. The first-order valence-corrected chi connectivity index (χ1v) is 7.66. The lowest BCUT2D eigenvalue weighted by molar-refractivity contribution is 0.613. The predicted octanol–water partition coefficient (Wildman–Crippen LogP) is 5.21. The van der Waals surface area contributed by atoms with Crippen LogP contribution in [0.3, 0.4) is 0 Å². The lowest BCUT2D eigenvalue weighted by Gasteiger charge is -2.09. The van der Waals surface area contributed by atoms with Crippen LogP contribution in [0.4, 0.5) is 10.1 Å². The van der Waals surface area contributed by atoms with Crippen LogP contribution in [-0.4, -0.2) is 4.98 Å². The third-order valence-electron chi connectivity index (χ3n) is 3.10. The number of nitrogens with one attached hydrogen (secondary N) is 1. The largest absolute Gasteiger partial charge is 0.381 e. The molecule has 0 aliphatic carbocycles. The second-order valence-corrected chi connectivity index (χ2v) is 5.77. The summed E-state index contributed by atoms with van der Waals surface area (Å²) in [5, 5.41) is 6.54. The highest BCUT2D eigenvalue weighted by atomic mass is 35.5. The van der Waals surface area contributed by atoms with E-state index in [4.69, 9.17) is 11.6 Å². The molecule has 3 aromatic rings. The van der Waals surface area contributed by atoms with E-state index < -0.39 is 0 Å². The van der Waals surface area contributed by atoms with Crippen molar-refractivity contribution >= 4 is 28.6 Å². The Morgan fingerprint density at radius 3 is 2.62 bits per heavy atom. The maximum Gasteiger partial charge on any atom is 0.129 e. The molecule has 0 bridgehead atoms. The van der Waals surface area contributed by atoms with E-state index in [1.165, 1.54) is 6.07 Å². The van der Waals surface area contributed by atoms with E-state index >= 15 is 0 Å². The molecule has 0 saturated carbocycles. The van der Waals surface area contributed by atoms with Gasteiger partial charge in [0.1, 0.15) is 10.8 Å². The minimum atomic E-state index is -0.297. The molecule has 0 unspecified atom stereocenters. The zero-order chi connectivity index (χ0) is 14.7. The molecular weight excluding hydrogens is 307 g/mol. The number of nitrogens with zero attached hydrogens (tertiary/aromatic N) is 1. The van der Waals surface area contributed by atoms with E-state index in [2.05, 4.69) is 10.3 Å². The molecule has 3 rings (SSSR count). The predicted molar refractivity (Wildman–Crippen MR) is 86.3 cm³/mol. The number of hydrogen-bond acceptors (Lipinski definition) is 3. The van der Waals surface area contributed by atoms with E-state index in [1.54, 1.807) is 29.7 Å². The Morgan fingerprint density at radius 1 is 1.14 bits per heavy atom. The van der Waals surface area contributed by atoms with Gasteiger partial charge in [0.25, 0.3) is 0 Å². The molecule has 0 amide bonds. The van der Waals surface area contributed by atoms with Crippen molar-refractivity contribution in [1.82, 2.24) is 4.98 Å². The SMILES string of the molecule is Fc1cccc(Cl)c1CNc1ccc(-c2nccs2)cc1. The van der Waals surface area contributed by atoms with Crippen molar-refractivity contribution in [2.45, 2.75) is 6.54 Å². The van der Waals surface area contributed by atoms with Gasteiger partial charge in [-0.2, -0.15) is 0 Å². The zero-order valence-corrected chi connectivity index (χ0v) is 12.6. The van der Waals surface area contributed by atoms with Gasteiger partial charge in [0.05, 0.1) is 0 Å². The molecule has 1 heterocycles. The average molecular weight is 319 g/mol. The minimum absolute atomic E-state index is 0.297. The number of halogens is 2. The molecule has 0 radical (unpaired) electrons. The van der Waals surface area contributed by atoms with Crippen LogP contribution >= 0.6 is 22.9 Å². The van der Waals surface area contributed by atoms with Gasteiger partial charge in [-0.3, -0.25) is 0 Å². The molecule has 1 aromatic heterocycles. The lowest BCUT2D eigenvalue weighted by Crippen LogP contribution is -2.02. The van der Waals surface area contributed by atoms with E-state index in [9.17, 15) is 4.39 Å². The summed E-state index contributed by atoms with van der Waals surface area (Å²) in [5.74, 6) is -0.297. The second kappa shape index (κ2) is 6.24. The topological polar surface area (TPSA) is 24.9 Å². The molecule has 0 saturated heterocycles. The Bertz CT molecular complexity index is 706. The highest BCUT2D eigenvalue weighted by Gasteiger charge is 2.06. The number of aromatic nitrogens is 1. The maximum atomic E-state index is 13.7. The van der Waals surface area contributed by atoms with Crippen molar-refractivity contribution in [3.8, 4) is 10.6 Å². The van der Waals surface area contributed by atoms with Crippen LogP contribution in [0.15, 0.2) is 54.0 Å². The van der Waals surface area contributed by atoms with Gasteiger partial charge in [-0.15, -0.1) is 11.3 Å². The number of rotatable bonds is 4. The fraction of sp³-hybridized carbons (Fsp3) is 0.0625. The summed E-state index contributed by atoms with van der Waals surface area (Å²) < 4.78 is 13.7. The van der Waals surface area contributed by atoms with Gasteiger partial charge in [0.15, 0.2) is 0 Å². The van der Waals surface area contributed by atoms with Crippen LogP contribution in [-0.2, 0) is 6.54 Å². The molecule has 2 aromatic carbocycles. The molecule has 21 heavy (non-hydrogen) atoms. The first kappa shape index (κ1) is 14.0. The summed E-state index contributed by atoms with van der Waals surface area (Å²) in [6.07, 6.45) is 1.78. The monoisotopic (exact) mass is 318 g/mol. The van der Waals surface area contributed by atoms with E-state index in [1.807, 2.05) is 29.6 Å². The Morgan fingerprint density at radius 2 is 1.95 bits per heavy atom. The van der Waals surface area contributed by atoms with E-state index in [0.717, 1.165) is 16.3 Å². The van der Waals surface area contributed by atoms with Crippen LogP contribution in [0, 0.1) is 5.82 Å². The van der Waals surface area contributed by atoms with Gasteiger partial charge in [0, 0.05) is 40.0 Å². The average Bonchev–Trinajstić information content (AvgIpc) is 3.02. The molecule has 0 aliphatic rings. The van der Waals surface area contributed by atoms with Crippen molar-refractivity contribution in [1.29, 1.82) is 0 Å². The molecule has 0 aliphatic heterocycles. The van der Waals surface area contributed by atoms with E-state index in [0.29, 0.717) is 17.1 Å². The molecule has 0 fully saturated rings. The van der Waals surface area contributed by atoms with Gasteiger partial charge in [-0.05, 0) is 36.4 Å². The third-order valence-corrected chi connectivity index (χ3v) is 4.27. The highest BCUT2D eigenvalue weighted by Crippen LogP contribution is 2.24. The van der Waals surface area contributed by atoms with E-state index in [-0.39, 0.29) is 5.82 Å². The molecule has 0 spiro atoms. The molecule has 5 heteroatoms. The Kier molecular flexibility index (Phi) is 4.18. The van der Waals surface area contributed by atoms with Gasteiger partial charge >= 0.3 is 0 Å².